The quantitative estimate of drug-likeness (QED) is 0.179. The van der Waals surface area contributed by atoms with E-state index in [1.807, 2.05) is 36.4 Å². The van der Waals surface area contributed by atoms with E-state index in [4.69, 9.17) is 19.9 Å². The predicted molar refractivity (Wildman–Crippen MR) is 221 cm³/mol. The normalized spacial score (nSPS) is 12.9. The first-order chi connectivity index (χ1) is 27.3. The van der Waals surface area contributed by atoms with Gasteiger partial charge < -0.3 is 0 Å². The topological polar surface area (TPSA) is 51.6 Å². The van der Waals surface area contributed by atoms with Crippen LogP contribution < -0.4 is 0 Å². The number of rotatable bonds is 5. The third kappa shape index (κ3) is 4.78. The lowest BCUT2D eigenvalue weighted by molar-refractivity contribution is 0.788. The highest BCUT2D eigenvalue weighted by molar-refractivity contribution is 5.97. The minimum atomic E-state index is -0.549. The second kappa shape index (κ2) is 12.4. The van der Waals surface area contributed by atoms with Crippen molar-refractivity contribution in [2.75, 3.05) is 0 Å². The summed E-state index contributed by atoms with van der Waals surface area (Å²) in [6, 6.07) is 68.1. The van der Waals surface area contributed by atoms with Gasteiger partial charge in [-0.3, -0.25) is 0 Å². The summed E-state index contributed by atoms with van der Waals surface area (Å²) >= 11 is 0. The maximum Gasteiger partial charge on any atom is 0.160 e. The van der Waals surface area contributed by atoms with Gasteiger partial charge in [0.2, 0.25) is 0 Å². The minimum Gasteiger partial charge on any atom is -0.228 e. The molecule has 0 saturated heterocycles. The van der Waals surface area contributed by atoms with Gasteiger partial charge in [-0.25, -0.2) is 19.9 Å². The van der Waals surface area contributed by atoms with Crippen LogP contribution in [-0.4, -0.2) is 19.9 Å². The Labute approximate surface area is 319 Å². The zero-order valence-electron chi connectivity index (χ0n) is 29.8. The Morgan fingerprint density at radius 2 is 0.673 bits per heavy atom. The van der Waals surface area contributed by atoms with Crippen molar-refractivity contribution in [2.24, 2.45) is 0 Å². The maximum atomic E-state index is 5.51. The number of hydrogen-bond donors (Lipinski definition) is 0. The number of nitrogens with zero attached hydrogens (tertiary/aromatic N) is 4. The molecule has 0 saturated carbocycles. The van der Waals surface area contributed by atoms with Crippen LogP contribution in [0.5, 0.6) is 0 Å². The zero-order chi connectivity index (χ0) is 36.3. The summed E-state index contributed by atoms with van der Waals surface area (Å²) in [5, 5.41) is 0. The molecule has 0 aliphatic heterocycles. The van der Waals surface area contributed by atoms with E-state index in [1.165, 1.54) is 27.8 Å². The van der Waals surface area contributed by atoms with Gasteiger partial charge in [-0.15, -0.1) is 0 Å². The molecule has 0 radical (unpaired) electrons. The maximum absolute atomic E-state index is 5.51. The molecule has 2 aliphatic carbocycles. The third-order valence-corrected chi connectivity index (χ3v) is 11.1. The number of aromatic nitrogens is 4. The van der Waals surface area contributed by atoms with Crippen LogP contribution in [0.3, 0.4) is 0 Å². The summed E-state index contributed by atoms with van der Waals surface area (Å²) in [5.74, 6) is 1.38. The van der Waals surface area contributed by atoms with Crippen molar-refractivity contribution in [3.63, 3.8) is 0 Å². The molecule has 1 spiro atoms. The van der Waals surface area contributed by atoms with E-state index >= 15 is 0 Å². The van der Waals surface area contributed by atoms with Crippen LogP contribution in [0.15, 0.2) is 194 Å². The van der Waals surface area contributed by atoms with Crippen LogP contribution >= 0.6 is 0 Å². The van der Waals surface area contributed by atoms with Crippen molar-refractivity contribution in [3.05, 3.63) is 216 Å². The average molecular weight is 701 g/mol. The Morgan fingerprint density at radius 3 is 1.25 bits per heavy atom. The van der Waals surface area contributed by atoms with Crippen molar-refractivity contribution < 1.29 is 0 Å². The molecule has 0 fully saturated rings. The molecule has 0 bridgehead atoms. The van der Waals surface area contributed by atoms with Gasteiger partial charge in [0, 0.05) is 38.9 Å². The van der Waals surface area contributed by atoms with Gasteiger partial charge in [-0.2, -0.15) is 0 Å². The van der Waals surface area contributed by atoms with Crippen molar-refractivity contribution in [1.82, 2.24) is 19.9 Å². The monoisotopic (exact) mass is 700 g/mol. The summed E-state index contributed by atoms with van der Waals surface area (Å²) in [4.78, 5) is 21.0. The first-order valence-corrected chi connectivity index (χ1v) is 18.7. The largest absolute Gasteiger partial charge is 0.228 e. The Balaban J connectivity index is 1.10. The summed E-state index contributed by atoms with van der Waals surface area (Å²) in [5.41, 5.74) is 16.7. The fourth-order valence-electron chi connectivity index (χ4n) is 8.75. The smallest absolute Gasteiger partial charge is 0.160 e. The number of benzene rings is 7. The predicted octanol–water partition coefficient (Wildman–Crippen LogP) is 11.9. The molecule has 4 heteroatoms. The number of hydrogen-bond acceptors (Lipinski definition) is 4. The van der Waals surface area contributed by atoms with Crippen LogP contribution in [0.1, 0.15) is 22.3 Å². The lowest BCUT2D eigenvalue weighted by atomic mass is 9.69. The van der Waals surface area contributed by atoms with E-state index in [9.17, 15) is 0 Å². The van der Waals surface area contributed by atoms with E-state index in [0.717, 1.165) is 61.7 Å². The SMILES string of the molecule is c1ccc(-c2cc(-c3ccc(-c4nc(-c5ccccc5)c5c(n4)-c4ccccc4C54c5ccccc5-c5ccccc54)cc3)nc(-c3ccccc3)n2)cc1. The first-order valence-electron chi connectivity index (χ1n) is 18.7. The number of fused-ring (bicyclic) bond motifs is 10. The molecule has 11 rings (SSSR count). The zero-order valence-corrected chi connectivity index (χ0v) is 29.8. The third-order valence-electron chi connectivity index (χ3n) is 11.1. The molecule has 2 aliphatic rings. The van der Waals surface area contributed by atoms with Crippen LogP contribution in [0.2, 0.25) is 0 Å². The molecule has 2 heterocycles. The van der Waals surface area contributed by atoms with Crippen molar-refractivity contribution in [1.29, 1.82) is 0 Å². The molecule has 4 nitrogen and oxygen atoms in total. The Hall–Kier alpha value is -7.30. The van der Waals surface area contributed by atoms with E-state index < -0.39 is 5.41 Å². The van der Waals surface area contributed by atoms with Crippen LogP contribution in [0, 0.1) is 0 Å². The molecule has 0 atom stereocenters. The van der Waals surface area contributed by atoms with Crippen molar-refractivity contribution >= 4 is 0 Å². The molecule has 7 aromatic carbocycles. The van der Waals surface area contributed by atoms with Gasteiger partial charge in [0.05, 0.1) is 28.2 Å². The van der Waals surface area contributed by atoms with E-state index in [0.29, 0.717) is 11.6 Å². The average Bonchev–Trinajstić information content (AvgIpc) is 3.74. The molecule has 0 amide bonds. The van der Waals surface area contributed by atoms with E-state index in [2.05, 4.69) is 158 Å². The molecule has 2 aromatic heterocycles. The highest BCUT2D eigenvalue weighted by atomic mass is 14.9. The van der Waals surface area contributed by atoms with Crippen molar-refractivity contribution in [2.45, 2.75) is 5.41 Å². The van der Waals surface area contributed by atoms with E-state index in [-0.39, 0.29) is 0 Å². The Morgan fingerprint density at radius 1 is 0.291 bits per heavy atom. The minimum absolute atomic E-state index is 0.549. The van der Waals surface area contributed by atoms with Gasteiger partial charge in [-0.1, -0.05) is 188 Å². The standard InChI is InChI=1S/C51H32N4/c1-4-16-33(17-5-1)44-32-45(53-49(52-44)36-20-8-3-9-21-36)34-28-30-37(31-29-34)50-54-47(35-18-6-2-7-19-35)46-48(55-50)40-24-12-15-27-43(40)51(46)41-25-13-10-22-38(41)39-23-11-14-26-42(39)51/h1-32H. The van der Waals surface area contributed by atoms with Crippen LogP contribution in [-0.2, 0) is 5.41 Å². The molecular formula is C51H32N4. The Bertz CT molecular complexity index is 2800. The van der Waals surface area contributed by atoms with Gasteiger partial charge in [-0.05, 0) is 33.9 Å². The summed E-state index contributed by atoms with van der Waals surface area (Å²) in [6.45, 7) is 0. The van der Waals surface area contributed by atoms with Gasteiger partial charge >= 0.3 is 0 Å². The lowest BCUT2D eigenvalue weighted by Crippen LogP contribution is -2.27. The molecule has 9 aromatic rings. The van der Waals surface area contributed by atoms with Gasteiger partial charge in [0.15, 0.2) is 11.6 Å². The van der Waals surface area contributed by atoms with Crippen molar-refractivity contribution in [3.8, 4) is 78.9 Å². The van der Waals surface area contributed by atoms with Gasteiger partial charge in [0.25, 0.3) is 0 Å². The second-order valence-electron chi connectivity index (χ2n) is 14.1. The Kier molecular flexibility index (Phi) is 7.04. The molecule has 256 valence electrons. The first kappa shape index (κ1) is 31.2. The molecule has 0 N–H and O–H groups in total. The van der Waals surface area contributed by atoms with E-state index in [1.54, 1.807) is 0 Å². The fourth-order valence-corrected chi connectivity index (χ4v) is 8.75. The van der Waals surface area contributed by atoms with Gasteiger partial charge in [0.1, 0.15) is 0 Å². The summed E-state index contributed by atoms with van der Waals surface area (Å²) in [6.07, 6.45) is 0. The lowest BCUT2D eigenvalue weighted by Gasteiger charge is -2.31. The highest BCUT2D eigenvalue weighted by Gasteiger charge is 2.54. The highest BCUT2D eigenvalue weighted by Crippen LogP contribution is 2.64. The molecule has 0 unspecified atom stereocenters. The molecule has 55 heavy (non-hydrogen) atoms. The second-order valence-corrected chi connectivity index (χ2v) is 14.1. The van der Waals surface area contributed by atoms with Crippen LogP contribution in [0.25, 0.3) is 78.9 Å². The molecular weight excluding hydrogens is 669 g/mol. The fraction of sp³-hybridized carbons (Fsp3) is 0.0196. The van der Waals surface area contributed by atoms with Crippen LogP contribution in [0.4, 0.5) is 0 Å². The summed E-state index contributed by atoms with van der Waals surface area (Å²) < 4.78 is 0. The summed E-state index contributed by atoms with van der Waals surface area (Å²) in [7, 11) is 0.